The van der Waals surface area contributed by atoms with Crippen LogP contribution in [-0.4, -0.2) is 35.1 Å². The van der Waals surface area contributed by atoms with Crippen LogP contribution in [0.5, 0.6) is 0 Å². The molecule has 1 aliphatic carbocycles. The van der Waals surface area contributed by atoms with Crippen molar-refractivity contribution in [2.24, 2.45) is 0 Å². The van der Waals surface area contributed by atoms with Crippen LogP contribution in [0.4, 0.5) is 18.9 Å². The minimum atomic E-state index is -4.72. The second kappa shape index (κ2) is 11.0. The van der Waals surface area contributed by atoms with Gasteiger partial charge in [-0.05, 0) is 62.6 Å². The van der Waals surface area contributed by atoms with Gasteiger partial charge in [0.05, 0.1) is 22.7 Å². The van der Waals surface area contributed by atoms with E-state index in [1.165, 1.54) is 12.1 Å². The average Bonchev–Trinajstić information content (AvgIpc) is 2.86. The normalized spacial score (nSPS) is 15.6. The number of rotatable bonds is 7. The number of halogens is 3. The fraction of sp³-hybridized carbons (Fsp3) is 0.300. The third kappa shape index (κ3) is 6.11. The average molecular weight is 554 g/mol. The van der Waals surface area contributed by atoms with E-state index in [9.17, 15) is 27.9 Å². The van der Waals surface area contributed by atoms with Crippen LogP contribution in [-0.2, 0) is 12.6 Å². The van der Waals surface area contributed by atoms with Crippen LogP contribution in [0.15, 0.2) is 69.0 Å². The highest BCUT2D eigenvalue weighted by molar-refractivity contribution is 5.92. The molecular weight excluding hydrogens is 523 g/mol. The van der Waals surface area contributed by atoms with Crippen molar-refractivity contribution < 1.29 is 27.5 Å². The topological polar surface area (TPSA) is 95.7 Å². The molecule has 0 amide bonds. The number of benzene rings is 1. The molecule has 0 radical (unpaired) electrons. The maximum absolute atomic E-state index is 13.9. The Kier molecular flexibility index (Phi) is 7.91. The van der Waals surface area contributed by atoms with Crippen molar-refractivity contribution in [2.75, 3.05) is 19.4 Å². The molecule has 2 heterocycles. The van der Waals surface area contributed by atoms with Gasteiger partial charge in [-0.2, -0.15) is 13.2 Å². The second-order valence-electron chi connectivity index (χ2n) is 10.1. The van der Waals surface area contributed by atoms with E-state index >= 15 is 0 Å². The minimum Gasteiger partial charge on any atom is -0.476 e. The van der Waals surface area contributed by atoms with Gasteiger partial charge >= 0.3 is 12.1 Å². The molecule has 2 aromatic heterocycles. The van der Waals surface area contributed by atoms with E-state index < -0.39 is 29.2 Å². The lowest BCUT2D eigenvalue weighted by Crippen LogP contribution is -2.16. The number of carboxylic acid groups (broad SMARTS) is 1. The summed E-state index contributed by atoms with van der Waals surface area (Å²) in [6.45, 7) is 5.35. The number of nitrogens with zero attached hydrogens (tertiary/aromatic N) is 2. The molecular formula is C30H30F3N3O4. The van der Waals surface area contributed by atoms with Crippen molar-refractivity contribution in [3.05, 3.63) is 98.3 Å². The summed E-state index contributed by atoms with van der Waals surface area (Å²) >= 11 is 0. The van der Waals surface area contributed by atoms with E-state index in [-0.39, 0.29) is 33.7 Å². The number of aromatic carboxylic acids is 1. The number of alkyl halides is 3. The standard InChI is InChI=1S/C30H30F3N3O4/c1-6-21-7-8-24(27(35-21)29(38)39)34-17(3)22-12-20(30(31,32)33)13-23-25(37)14-26(40-28(22)23)19-10-16(2)9-18(11-19)15-36(4)5/h7-8,10-15,17,34H,6,9H2,1-5H3,(H,38,39)/b18-15+. The lowest BCUT2D eigenvalue weighted by molar-refractivity contribution is -0.137. The smallest absolute Gasteiger partial charge is 0.416 e. The fourth-order valence-electron chi connectivity index (χ4n) is 4.69. The zero-order valence-corrected chi connectivity index (χ0v) is 22.8. The Bertz CT molecular complexity index is 1630. The van der Waals surface area contributed by atoms with Crippen molar-refractivity contribution in [3.63, 3.8) is 0 Å². The van der Waals surface area contributed by atoms with Crippen LogP contribution in [0.3, 0.4) is 0 Å². The second-order valence-corrected chi connectivity index (χ2v) is 10.1. The predicted molar refractivity (Wildman–Crippen MR) is 148 cm³/mol. The highest BCUT2D eigenvalue weighted by Gasteiger charge is 2.33. The molecule has 1 atom stereocenters. The summed E-state index contributed by atoms with van der Waals surface area (Å²) in [5.74, 6) is -1.06. The van der Waals surface area contributed by atoms with Gasteiger partial charge < -0.3 is 19.7 Å². The summed E-state index contributed by atoms with van der Waals surface area (Å²) in [5.41, 5.74) is 1.48. The Morgan fingerprint density at radius 1 is 1.23 bits per heavy atom. The number of nitrogens with one attached hydrogen (secondary N) is 1. The first kappa shape index (κ1) is 28.7. The molecule has 0 aliphatic heterocycles. The van der Waals surface area contributed by atoms with Gasteiger partial charge in [-0.1, -0.05) is 18.6 Å². The summed E-state index contributed by atoms with van der Waals surface area (Å²) in [4.78, 5) is 31.1. The highest BCUT2D eigenvalue weighted by Crippen LogP contribution is 2.37. The van der Waals surface area contributed by atoms with Crippen molar-refractivity contribution in [1.82, 2.24) is 9.88 Å². The van der Waals surface area contributed by atoms with E-state index in [0.717, 1.165) is 23.3 Å². The molecule has 1 aromatic carbocycles. The summed E-state index contributed by atoms with van der Waals surface area (Å²) in [6.07, 6.45) is 2.20. The molecule has 0 fully saturated rings. The lowest BCUT2D eigenvalue weighted by atomic mass is 9.94. The summed E-state index contributed by atoms with van der Waals surface area (Å²) in [5, 5.41) is 12.4. The van der Waals surface area contributed by atoms with Crippen LogP contribution in [0.1, 0.15) is 66.3 Å². The first-order valence-corrected chi connectivity index (χ1v) is 12.7. The molecule has 4 rings (SSSR count). The Morgan fingerprint density at radius 3 is 2.58 bits per heavy atom. The summed E-state index contributed by atoms with van der Waals surface area (Å²) < 4.78 is 47.8. The number of carbonyl (C=O) groups is 1. The van der Waals surface area contributed by atoms with Crippen LogP contribution in [0, 0.1) is 0 Å². The van der Waals surface area contributed by atoms with E-state index in [1.54, 1.807) is 13.0 Å². The van der Waals surface area contributed by atoms with Crippen molar-refractivity contribution in [2.45, 2.75) is 45.8 Å². The van der Waals surface area contributed by atoms with Crippen LogP contribution < -0.4 is 10.7 Å². The summed E-state index contributed by atoms with van der Waals surface area (Å²) in [7, 11) is 3.79. The number of pyridine rings is 1. The lowest BCUT2D eigenvalue weighted by Gasteiger charge is -2.21. The first-order chi connectivity index (χ1) is 18.8. The SMILES string of the molecule is CCc1ccc(NC(C)c2cc(C(F)(F)F)cc3c(=O)cc(C4=C/C(=C/N(C)C)CC(C)=C4)oc23)c(C(=O)O)n1. The molecule has 40 heavy (non-hydrogen) atoms. The van der Waals surface area contributed by atoms with Crippen molar-refractivity contribution in [1.29, 1.82) is 0 Å². The van der Waals surface area contributed by atoms with Crippen molar-refractivity contribution in [3.8, 4) is 0 Å². The Labute approximate surface area is 229 Å². The Morgan fingerprint density at radius 2 is 1.95 bits per heavy atom. The number of fused-ring (bicyclic) bond motifs is 1. The van der Waals surface area contributed by atoms with Gasteiger partial charge in [0.15, 0.2) is 11.1 Å². The molecule has 7 nitrogen and oxygen atoms in total. The van der Waals surface area contributed by atoms with Gasteiger partial charge in [-0.3, -0.25) is 4.79 Å². The van der Waals surface area contributed by atoms with Gasteiger partial charge in [0.1, 0.15) is 11.3 Å². The highest BCUT2D eigenvalue weighted by atomic mass is 19.4. The molecule has 1 aliphatic rings. The maximum Gasteiger partial charge on any atom is 0.416 e. The number of allylic oxidation sites excluding steroid dienone is 5. The minimum absolute atomic E-state index is 0.0128. The van der Waals surface area contributed by atoms with Gasteiger partial charge in [-0.15, -0.1) is 0 Å². The van der Waals surface area contributed by atoms with E-state index in [2.05, 4.69) is 10.3 Å². The number of carboxylic acids is 1. The van der Waals surface area contributed by atoms with Gasteiger partial charge in [0.2, 0.25) is 0 Å². The van der Waals surface area contributed by atoms with Gasteiger partial charge in [0, 0.05) is 43.2 Å². The maximum atomic E-state index is 13.9. The molecule has 0 saturated carbocycles. The van der Waals surface area contributed by atoms with E-state index in [1.807, 2.05) is 51.2 Å². The molecule has 2 N–H and O–H groups in total. The number of hydrogen-bond donors (Lipinski definition) is 2. The predicted octanol–water partition coefficient (Wildman–Crippen LogP) is 6.82. The number of aromatic nitrogens is 1. The molecule has 10 heteroatoms. The first-order valence-electron chi connectivity index (χ1n) is 12.7. The Hall–Kier alpha value is -4.34. The van der Waals surface area contributed by atoms with Gasteiger partial charge in [0.25, 0.3) is 0 Å². The third-order valence-electron chi connectivity index (χ3n) is 6.48. The van der Waals surface area contributed by atoms with Crippen LogP contribution in [0.2, 0.25) is 0 Å². The van der Waals surface area contributed by atoms with Crippen molar-refractivity contribution >= 4 is 28.2 Å². The van der Waals surface area contributed by atoms with E-state index in [0.29, 0.717) is 24.1 Å². The van der Waals surface area contributed by atoms with Crippen LogP contribution >= 0.6 is 0 Å². The fourth-order valence-corrected chi connectivity index (χ4v) is 4.69. The third-order valence-corrected chi connectivity index (χ3v) is 6.48. The summed E-state index contributed by atoms with van der Waals surface area (Å²) in [6, 6.07) is 5.21. The monoisotopic (exact) mass is 553 g/mol. The molecule has 1 unspecified atom stereocenters. The number of hydrogen-bond acceptors (Lipinski definition) is 6. The largest absolute Gasteiger partial charge is 0.476 e. The molecule has 0 bridgehead atoms. The molecule has 0 saturated heterocycles. The van der Waals surface area contributed by atoms with Gasteiger partial charge in [-0.25, -0.2) is 9.78 Å². The van der Waals surface area contributed by atoms with E-state index in [4.69, 9.17) is 4.42 Å². The van der Waals surface area contributed by atoms with Crippen LogP contribution in [0.25, 0.3) is 16.5 Å². The zero-order valence-electron chi connectivity index (χ0n) is 22.8. The number of aryl methyl sites for hydroxylation is 1. The number of anilines is 1. The zero-order chi connectivity index (χ0) is 29.4. The molecule has 0 spiro atoms. The molecule has 3 aromatic rings. The molecule has 210 valence electrons. The quantitative estimate of drug-likeness (QED) is 0.332. The Balaban J connectivity index is 1.90.